The number of aromatic nitrogens is 8. The average molecular weight is 1120 g/mol. The fourth-order valence-corrected chi connectivity index (χ4v) is 8.16. The van der Waals surface area contributed by atoms with Gasteiger partial charge < -0.3 is 21.3 Å². The van der Waals surface area contributed by atoms with Crippen molar-refractivity contribution >= 4 is 11.4 Å². The molecule has 0 radical (unpaired) electrons. The summed E-state index contributed by atoms with van der Waals surface area (Å²) in [5.41, 5.74) is 29.4. The smallest absolute Gasteiger partial charge is 0.390 e. The summed E-state index contributed by atoms with van der Waals surface area (Å²) in [7, 11) is 0. The van der Waals surface area contributed by atoms with Crippen LogP contribution in [0.1, 0.15) is 75.3 Å². The zero-order valence-corrected chi connectivity index (χ0v) is 45.2. The number of azide groups is 1. The predicted molar refractivity (Wildman–Crippen MR) is 315 cm³/mol. The molecule has 23 nitrogen and oxygen atoms in total. The van der Waals surface area contributed by atoms with Crippen LogP contribution < -0.4 is 29.6 Å². The third-order valence-electron chi connectivity index (χ3n) is 11.3. The minimum Gasteiger partial charge on any atom is -0.390 e. The van der Waals surface area contributed by atoms with Crippen molar-refractivity contribution < 1.29 is 44.7 Å². The number of hydrogen-bond acceptors (Lipinski definition) is 17. The van der Waals surface area contributed by atoms with E-state index in [9.17, 15) is 20.3 Å². The molecule has 82 heavy (non-hydrogen) atoms. The summed E-state index contributed by atoms with van der Waals surface area (Å²) in [5, 5.41) is 37.3. The predicted octanol–water partition coefficient (Wildman–Crippen LogP) is 7.93. The quantitative estimate of drug-likeness (QED) is 0.0130. The second-order valence-electron chi connectivity index (χ2n) is 17.5. The molecule has 0 aliphatic carbocycles. The monoisotopic (exact) mass is 1120 g/mol. The third kappa shape index (κ3) is 27.4. The van der Waals surface area contributed by atoms with E-state index in [1.165, 1.54) is 23.2 Å². The van der Waals surface area contributed by atoms with Crippen LogP contribution in [0.2, 0.25) is 0 Å². The molecule has 0 saturated heterocycles. The molecule has 8 aromatic heterocycles. The van der Waals surface area contributed by atoms with Crippen molar-refractivity contribution in [1.29, 1.82) is 0 Å². The summed E-state index contributed by atoms with van der Waals surface area (Å²) in [6.45, 7) is 5.60. The number of rotatable bonds is 26. The van der Waals surface area contributed by atoms with Crippen LogP contribution in [0.5, 0.6) is 0 Å². The molecule has 0 amide bonds. The summed E-state index contributed by atoms with van der Waals surface area (Å²) in [5.74, 6) is 0. The minimum absolute atomic E-state index is 0. The van der Waals surface area contributed by atoms with Crippen LogP contribution >= 0.6 is 0 Å². The Hall–Kier alpha value is -8.02. The van der Waals surface area contributed by atoms with Crippen LogP contribution in [-0.4, -0.2) is 113 Å². The van der Waals surface area contributed by atoms with Gasteiger partial charge in [-0.3, -0.25) is 74.5 Å². The van der Waals surface area contributed by atoms with Gasteiger partial charge in [-0.1, -0.05) is 71.2 Å². The SMILES string of the molecule is C.C.C.C.O=[N+]([O-])c1ccnc(CN(Cc2ccccn2)CC(O)CN(Cc2ccccn2)Cc2ccccn2)c1.[N-]=[N+]=Nc1ccnc(CN(Cc2ccccn2)CC(O)CN(Cc2ccccn2)Cc2ccccn2)c1.[N-]=[N+]=[N-].[Na+]. The second kappa shape index (κ2) is 41.0. The van der Waals surface area contributed by atoms with E-state index in [0.717, 1.165) is 39.9 Å². The summed E-state index contributed by atoms with van der Waals surface area (Å²) >= 11 is 0. The summed E-state index contributed by atoms with van der Waals surface area (Å²) in [4.78, 5) is 58.9. The van der Waals surface area contributed by atoms with E-state index in [4.69, 9.17) is 16.6 Å². The Morgan fingerprint density at radius 3 is 0.939 bits per heavy atom. The number of aliphatic hydroxyl groups excluding tert-OH is 2. The van der Waals surface area contributed by atoms with E-state index < -0.39 is 17.1 Å². The number of pyridine rings is 8. The van der Waals surface area contributed by atoms with E-state index in [1.54, 1.807) is 55.5 Å². The van der Waals surface area contributed by atoms with Crippen LogP contribution in [0.15, 0.2) is 188 Å². The van der Waals surface area contributed by atoms with E-state index in [2.05, 4.69) is 64.6 Å². The maximum Gasteiger partial charge on any atom is 1.00 e. The first kappa shape index (κ1) is 72.0. The van der Waals surface area contributed by atoms with Gasteiger partial charge in [-0.05, 0) is 90.5 Å². The Morgan fingerprint density at radius 1 is 0.427 bits per heavy atom. The molecule has 2 atom stereocenters. The molecule has 0 spiro atoms. The van der Waals surface area contributed by atoms with E-state index in [-0.39, 0.29) is 65.0 Å². The fourth-order valence-electron chi connectivity index (χ4n) is 8.16. The van der Waals surface area contributed by atoms with Gasteiger partial charge in [0.2, 0.25) is 0 Å². The fraction of sp³-hybridized carbons (Fsp3) is 0.310. The standard InChI is InChI=1S/C27H29N9O.C27H29N7O3.4CH4.N3.Na/c28-34-33-22-10-14-32-26(15-22)19-36(18-25-9-3-6-13-31-25)21-27(37)20-35(16-23-7-1-4-11-29-23)17-24-8-2-5-12-30-24;35-27(20-32(16-22-7-1-4-11-28-22)17-23-8-2-5-12-29-23)21-33(18-24-9-3-6-13-30-24)19-25-15-26(34(36)37)10-14-31-25;;;;;1-3-2;/h1-15,27,37H,16-21H2;1-15,27,35H,16-21H2;4*1H4;;/q;;;;;;-1;+1. The molecule has 8 heterocycles. The number of hydrogen-bond donors (Lipinski definition) is 2. The number of nitrogens with zero attached hydrogens (tertiary/aromatic N) is 19. The van der Waals surface area contributed by atoms with Crippen molar-refractivity contribution in [2.45, 2.75) is 94.3 Å². The Kier molecular flexibility index (Phi) is 36.0. The first-order valence-electron chi connectivity index (χ1n) is 24.4. The number of nitro groups is 1. The normalized spacial score (nSPS) is 10.9. The summed E-state index contributed by atoms with van der Waals surface area (Å²) < 4.78 is 0. The Morgan fingerprint density at radius 2 is 0.683 bits per heavy atom. The van der Waals surface area contributed by atoms with Crippen molar-refractivity contribution in [1.82, 2.24) is 59.5 Å². The molecule has 2 N–H and O–H groups in total. The molecule has 426 valence electrons. The molecule has 0 fully saturated rings. The molecule has 0 saturated carbocycles. The zero-order chi connectivity index (χ0) is 54.3. The van der Waals surface area contributed by atoms with Gasteiger partial charge in [-0.25, -0.2) is 0 Å². The van der Waals surface area contributed by atoms with Crippen LogP contribution in [-0.2, 0) is 52.4 Å². The van der Waals surface area contributed by atoms with Crippen molar-refractivity contribution in [2.24, 2.45) is 5.11 Å². The molecule has 0 bridgehead atoms. The van der Waals surface area contributed by atoms with E-state index >= 15 is 0 Å². The largest absolute Gasteiger partial charge is 1.00 e. The van der Waals surface area contributed by atoms with E-state index in [0.29, 0.717) is 89.9 Å². The van der Waals surface area contributed by atoms with Crippen molar-refractivity contribution in [3.05, 3.63) is 265 Å². The van der Waals surface area contributed by atoms with Gasteiger partial charge >= 0.3 is 29.6 Å². The minimum atomic E-state index is -0.713. The maximum atomic E-state index is 11.2. The molecule has 8 rings (SSSR count). The van der Waals surface area contributed by atoms with Gasteiger partial charge in [0.05, 0.1) is 62.7 Å². The Balaban J connectivity index is 0.000000739. The maximum absolute atomic E-state index is 11.2. The Bertz CT molecular complexity index is 2760. The first-order chi connectivity index (χ1) is 37.6. The van der Waals surface area contributed by atoms with Crippen molar-refractivity contribution in [2.75, 3.05) is 26.2 Å². The number of aliphatic hydroxyl groups is 2. The molecular formula is C58H74N19NaO4. The van der Waals surface area contributed by atoms with Gasteiger partial charge in [0.15, 0.2) is 0 Å². The second-order valence-corrected chi connectivity index (χ2v) is 17.5. The summed E-state index contributed by atoms with van der Waals surface area (Å²) in [6.07, 6.45) is 12.2. The van der Waals surface area contributed by atoms with Gasteiger partial charge in [-0.15, -0.1) is 0 Å². The van der Waals surface area contributed by atoms with Gasteiger partial charge in [0, 0.05) is 151 Å². The topological polar surface area (TPSA) is 307 Å². The molecule has 8 aromatic rings. The van der Waals surface area contributed by atoms with Crippen molar-refractivity contribution in [3.63, 3.8) is 0 Å². The van der Waals surface area contributed by atoms with Crippen LogP contribution in [0.3, 0.4) is 0 Å². The first-order valence-corrected chi connectivity index (χ1v) is 24.4. The third-order valence-corrected chi connectivity index (χ3v) is 11.3. The van der Waals surface area contributed by atoms with Crippen LogP contribution in [0.4, 0.5) is 11.4 Å². The van der Waals surface area contributed by atoms with Gasteiger partial charge in [0.25, 0.3) is 5.69 Å². The van der Waals surface area contributed by atoms with Crippen molar-refractivity contribution in [3.8, 4) is 0 Å². The molecule has 0 aliphatic rings. The molecule has 0 aliphatic heterocycles. The van der Waals surface area contributed by atoms with Gasteiger partial charge in [-0.2, -0.15) is 0 Å². The molecule has 2 unspecified atom stereocenters. The Labute approximate surface area is 503 Å². The van der Waals surface area contributed by atoms with Crippen LogP contribution in [0.25, 0.3) is 26.4 Å². The molecular weight excluding hydrogens is 1050 g/mol. The molecule has 24 heteroatoms. The van der Waals surface area contributed by atoms with Crippen LogP contribution in [0, 0.1) is 10.1 Å². The summed E-state index contributed by atoms with van der Waals surface area (Å²) in [6, 6.07) is 40.9. The van der Waals surface area contributed by atoms with Gasteiger partial charge in [0.1, 0.15) is 0 Å². The molecule has 0 aromatic carbocycles. The average Bonchev–Trinajstić information content (AvgIpc) is 3.44. The van der Waals surface area contributed by atoms with E-state index in [1.807, 2.05) is 114 Å². The zero-order valence-electron chi connectivity index (χ0n) is 43.2.